The minimum absolute atomic E-state index is 0.182. The molecule has 0 saturated carbocycles. The van der Waals surface area contributed by atoms with Crippen LogP contribution in [0.2, 0.25) is 0 Å². The molecule has 1 atom stereocenters. The third-order valence-electron chi connectivity index (χ3n) is 3.89. The Balaban J connectivity index is 1.72. The van der Waals surface area contributed by atoms with Crippen molar-refractivity contribution >= 4 is 27.9 Å². The van der Waals surface area contributed by atoms with E-state index in [1.165, 1.54) is 17.8 Å². The van der Waals surface area contributed by atoms with Gasteiger partial charge >= 0.3 is 5.63 Å². The number of aliphatic imine (C=N–C) groups is 1. The van der Waals surface area contributed by atoms with E-state index in [1.807, 2.05) is 12.1 Å². The average Bonchev–Trinajstić information content (AvgIpc) is 3.10. The Kier molecular flexibility index (Phi) is 5.42. The summed E-state index contributed by atoms with van der Waals surface area (Å²) in [4.78, 5) is 16.1. The largest absolute Gasteiger partial charge is 0.497 e. The first-order valence-electron chi connectivity index (χ1n) is 7.81. The number of nitrogens with zero attached hydrogens (tertiary/aromatic N) is 1. The van der Waals surface area contributed by atoms with E-state index in [1.54, 1.807) is 13.2 Å². The van der Waals surface area contributed by atoms with E-state index in [0.717, 1.165) is 30.4 Å². The SMILES string of the molecule is COc1ccc2c(CSC(N)=NC[C@@H]3CCCO3)cc(=O)oc2c1. The summed E-state index contributed by atoms with van der Waals surface area (Å²) in [6, 6.07) is 6.92. The Bertz CT molecular complexity index is 797. The molecule has 0 spiro atoms. The Morgan fingerprint density at radius 1 is 1.46 bits per heavy atom. The van der Waals surface area contributed by atoms with Gasteiger partial charge in [0.25, 0.3) is 0 Å². The van der Waals surface area contributed by atoms with Crippen LogP contribution in [0.1, 0.15) is 18.4 Å². The lowest BCUT2D eigenvalue weighted by Gasteiger charge is -2.08. The van der Waals surface area contributed by atoms with Crippen LogP contribution in [0.4, 0.5) is 0 Å². The van der Waals surface area contributed by atoms with Crippen LogP contribution in [0.15, 0.2) is 38.5 Å². The van der Waals surface area contributed by atoms with Gasteiger partial charge in [-0.2, -0.15) is 0 Å². The summed E-state index contributed by atoms with van der Waals surface area (Å²) in [6.07, 6.45) is 2.30. The number of rotatable bonds is 5. The maximum atomic E-state index is 11.8. The van der Waals surface area contributed by atoms with Crippen molar-refractivity contribution in [1.29, 1.82) is 0 Å². The second-order valence-electron chi connectivity index (χ2n) is 5.56. The highest BCUT2D eigenvalue weighted by Crippen LogP contribution is 2.25. The molecule has 2 aromatic rings. The molecule has 128 valence electrons. The first-order chi connectivity index (χ1) is 11.7. The maximum absolute atomic E-state index is 11.8. The molecule has 2 heterocycles. The lowest BCUT2D eigenvalue weighted by molar-refractivity contribution is 0.118. The predicted octanol–water partition coefficient (Wildman–Crippen LogP) is 2.53. The normalized spacial score (nSPS) is 18.2. The molecule has 6 nitrogen and oxygen atoms in total. The number of amidine groups is 1. The average molecular weight is 348 g/mol. The van der Waals surface area contributed by atoms with E-state index < -0.39 is 0 Å². The molecule has 0 aliphatic carbocycles. The minimum atomic E-state index is -0.388. The van der Waals surface area contributed by atoms with E-state index in [0.29, 0.717) is 28.8 Å². The van der Waals surface area contributed by atoms with Crippen LogP contribution < -0.4 is 16.1 Å². The molecule has 1 aromatic heterocycles. The Morgan fingerprint density at radius 3 is 3.08 bits per heavy atom. The van der Waals surface area contributed by atoms with Crippen LogP contribution in [-0.4, -0.2) is 31.5 Å². The number of benzene rings is 1. The van der Waals surface area contributed by atoms with Gasteiger partial charge in [0.15, 0.2) is 5.17 Å². The highest BCUT2D eigenvalue weighted by Gasteiger charge is 2.14. The summed E-state index contributed by atoms with van der Waals surface area (Å²) >= 11 is 1.41. The zero-order valence-electron chi connectivity index (χ0n) is 13.5. The van der Waals surface area contributed by atoms with Gasteiger partial charge in [0.2, 0.25) is 0 Å². The topological polar surface area (TPSA) is 87.0 Å². The molecule has 2 N–H and O–H groups in total. The molecular weight excluding hydrogens is 328 g/mol. The maximum Gasteiger partial charge on any atom is 0.336 e. The summed E-state index contributed by atoms with van der Waals surface area (Å²) in [7, 11) is 1.57. The number of fused-ring (bicyclic) bond motifs is 1. The number of methoxy groups -OCH3 is 1. The van der Waals surface area contributed by atoms with Crippen molar-refractivity contribution in [2.45, 2.75) is 24.7 Å². The van der Waals surface area contributed by atoms with Gasteiger partial charge in [0, 0.05) is 29.9 Å². The fourth-order valence-electron chi connectivity index (χ4n) is 2.63. The summed E-state index contributed by atoms with van der Waals surface area (Å²) in [5, 5.41) is 1.37. The van der Waals surface area contributed by atoms with E-state index in [-0.39, 0.29) is 11.7 Å². The lowest BCUT2D eigenvalue weighted by Crippen LogP contribution is -2.14. The van der Waals surface area contributed by atoms with Crippen LogP contribution in [0.3, 0.4) is 0 Å². The zero-order valence-corrected chi connectivity index (χ0v) is 14.3. The number of hydrogen-bond acceptors (Lipinski definition) is 6. The van der Waals surface area contributed by atoms with Crippen LogP contribution in [0.5, 0.6) is 5.75 Å². The van der Waals surface area contributed by atoms with Crippen molar-refractivity contribution in [2.75, 3.05) is 20.3 Å². The van der Waals surface area contributed by atoms with Gasteiger partial charge in [-0.05, 0) is 30.5 Å². The van der Waals surface area contributed by atoms with Crippen molar-refractivity contribution in [1.82, 2.24) is 0 Å². The van der Waals surface area contributed by atoms with Crippen molar-refractivity contribution in [3.8, 4) is 5.75 Å². The highest BCUT2D eigenvalue weighted by atomic mass is 32.2. The summed E-state index contributed by atoms with van der Waals surface area (Å²) in [5.41, 5.74) is 6.95. The fraction of sp³-hybridized carbons (Fsp3) is 0.412. The smallest absolute Gasteiger partial charge is 0.336 e. The summed E-state index contributed by atoms with van der Waals surface area (Å²) in [6.45, 7) is 1.40. The number of hydrogen-bond donors (Lipinski definition) is 1. The van der Waals surface area contributed by atoms with Crippen molar-refractivity contribution < 1.29 is 13.9 Å². The van der Waals surface area contributed by atoms with Crippen LogP contribution in [0, 0.1) is 0 Å². The molecule has 1 aromatic carbocycles. The number of ether oxygens (including phenoxy) is 2. The van der Waals surface area contributed by atoms with Crippen LogP contribution in [0.25, 0.3) is 11.0 Å². The second-order valence-corrected chi connectivity index (χ2v) is 6.55. The first-order valence-corrected chi connectivity index (χ1v) is 8.79. The van der Waals surface area contributed by atoms with Gasteiger partial charge in [0.05, 0.1) is 19.8 Å². The minimum Gasteiger partial charge on any atom is -0.497 e. The van der Waals surface area contributed by atoms with E-state index in [2.05, 4.69) is 4.99 Å². The molecule has 0 unspecified atom stereocenters. The third kappa shape index (κ3) is 4.10. The van der Waals surface area contributed by atoms with Crippen molar-refractivity contribution in [2.24, 2.45) is 10.7 Å². The monoisotopic (exact) mass is 348 g/mol. The standard InChI is InChI=1S/C17H20N2O4S/c1-21-12-4-5-14-11(7-16(20)23-15(14)8-12)10-24-17(18)19-9-13-3-2-6-22-13/h4-5,7-8,13H,2-3,6,9-10H2,1H3,(H2,18,19)/t13-/m0/s1. The molecular formula is C17H20N2O4S. The Morgan fingerprint density at radius 2 is 2.33 bits per heavy atom. The molecule has 1 aliphatic heterocycles. The van der Waals surface area contributed by atoms with Gasteiger partial charge in [-0.1, -0.05) is 11.8 Å². The second kappa shape index (κ2) is 7.72. The fourth-order valence-corrected chi connectivity index (χ4v) is 3.34. The van der Waals surface area contributed by atoms with Gasteiger partial charge in [0.1, 0.15) is 11.3 Å². The van der Waals surface area contributed by atoms with Gasteiger partial charge < -0.3 is 19.6 Å². The summed E-state index contributed by atoms with van der Waals surface area (Å²) < 4.78 is 15.9. The number of nitrogens with two attached hydrogens (primary N) is 1. The molecule has 0 bridgehead atoms. The molecule has 24 heavy (non-hydrogen) atoms. The Labute approximate surface area is 144 Å². The molecule has 1 saturated heterocycles. The molecule has 1 aliphatic rings. The van der Waals surface area contributed by atoms with E-state index >= 15 is 0 Å². The predicted molar refractivity (Wildman–Crippen MR) is 95.8 cm³/mol. The zero-order chi connectivity index (χ0) is 16.9. The molecule has 3 rings (SSSR count). The van der Waals surface area contributed by atoms with E-state index in [4.69, 9.17) is 19.6 Å². The van der Waals surface area contributed by atoms with Crippen LogP contribution in [-0.2, 0) is 10.5 Å². The number of thioether (sulfide) groups is 1. The molecule has 7 heteroatoms. The third-order valence-corrected chi connectivity index (χ3v) is 4.77. The molecule has 0 amide bonds. The quantitative estimate of drug-likeness (QED) is 0.507. The van der Waals surface area contributed by atoms with Gasteiger partial charge in [-0.15, -0.1) is 0 Å². The molecule has 1 fully saturated rings. The molecule has 0 radical (unpaired) electrons. The van der Waals surface area contributed by atoms with Crippen molar-refractivity contribution in [3.05, 3.63) is 40.2 Å². The first kappa shape index (κ1) is 16.9. The highest BCUT2D eigenvalue weighted by molar-refractivity contribution is 8.13. The van der Waals surface area contributed by atoms with E-state index in [9.17, 15) is 4.79 Å². The van der Waals surface area contributed by atoms with Crippen molar-refractivity contribution in [3.63, 3.8) is 0 Å². The van der Waals surface area contributed by atoms with Gasteiger partial charge in [-0.25, -0.2) is 4.79 Å². The lowest BCUT2D eigenvalue weighted by atomic mass is 10.1. The van der Waals surface area contributed by atoms with Gasteiger partial charge in [-0.3, -0.25) is 4.99 Å². The van der Waals surface area contributed by atoms with Crippen LogP contribution >= 0.6 is 11.8 Å². The summed E-state index contributed by atoms with van der Waals surface area (Å²) in [5.74, 6) is 1.20. The Hall–Kier alpha value is -1.99.